The van der Waals surface area contributed by atoms with Crippen LogP contribution in [0, 0.1) is 29.1 Å². The van der Waals surface area contributed by atoms with Gasteiger partial charge in [-0.2, -0.15) is 10.4 Å². The molecule has 2 aliphatic heterocycles. The van der Waals surface area contributed by atoms with Crippen LogP contribution in [0.5, 0.6) is 0 Å². The van der Waals surface area contributed by atoms with E-state index in [1.807, 2.05) is 19.3 Å². The first kappa shape index (κ1) is 16.3. The van der Waals surface area contributed by atoms with E-state index in [1.165, 1.54) is 0 Å². The van der Waals surface area contributed by atoms with Crippen LogP contribution in [-0.4, -0.2) is 33.0 Å². The molecule has 0 bridgehead atoms. The Balaban J connectivity index is 1.73. The van der Waals surface area contributed by atoms with Gasteiger partial charge in [-0.3, -0.25) is 4.68 Å². The molecule has 0 aromatic carbocycles. The van der Waals surface area contributed by atoms with Gasteiger partial charge < -0.3 is 4.74 Å². The Hall–Kier alpha value is -2.17. The maximum absolute atomic E-state index is 9.60. The number of aryl methyl sites for hydroxylation is 1. The number of nitrogens with zero attached hydrogens (tertiary/aromatic N) is 5. The SMILES string of the molecule is Cn1cc2cc(C3=CC(C4CCOCC4)C(C#N)C(S)=N3)cnc2n1. The smallest absolute Gasteiger partial charge is 0.181 e. The molecule has 4 rings (SSSR count). The lowest BCUT2D eigenvalue weighted by atomic mass is 9.76. The van der Waals surface area contributed by atoms with Crippen molar-refractivity contribution in [1.29, 1.82) is 5.26 Å². The molecule has 2 aliphatic rings. The molecule has 25 heavy (non-hydrogen) atoms. The Labute approximate surface area is 151 Å². The standard InChI is InChI=1S/C18H19N5OS/c1-23-10-13-6-12(9-20-17(13)22-23)16-7-14(11-2-4-24-5-3-11)15(8-19)18(25)21-16/h6-7,9-11,14-15H,2-5H2,1H3,(H,21,25). The highest BCUT2D eigenvalue weighted by atomic mass is 32.1. The molecule has 128 valence electrons. The predicted molar refractivity (Wildman–Crippen MR) is 99.0 cm³/mol. The summed E-state index contributed by atoms with van der Waals surface area (Å²) in [6, 6.07) is 4.43. The highest BCUT2D eigenvalue weighted by molar-refractivity contribution is 7.97. The average Bonchev–Trinajstić information content (AvgIpc) is 3.01. The lowest BCUT2D eigenvalue weighted by Crippen LogP contribution is -2.31. The maximum Gasteiger partial charge on any atom is 0.181 e. The molecule has 2 aromatic heterocycles. The van der Waals surface area contributed by atoms with Crippen molar-refractivity contribution >= 4 is 34.4 Å². The van der Waals surface area contributed by atoms with Gasteiger partial charge in [-0.1, -0.05) is 6.08 Å². The topological polar surface area (TPSA) is 76.1 Å². The zero-order valence-corrected chi connectivity index (χ0v) is 14.9. The molecular formula is C18H19N5OS. The molecule has 1 fully saturated rings. The zero-order valence-electron chi connectivity index (χ0n) is 14.0. The monoisotopic (exact) mass is 353 g/mol. The normalized spacial score (nSPS) is 24.7. The van der Waals surface area contributed by atoms with Gasteiger partial charge in [0, 0.05) is 49.5 Å². The third-order valence-electron chi connectivity index (χ3n) is 4.97. The van der Waals surface area contributed by atoms with Crippen LogP contribution in [0.4, 0.5) is 0 Å². The van der Waals surface area contributed by atoms with Crippen molar-refractivity contribution in [2.24, 2.45) is 29.8 Å². The van der Waals surface area contributed by atoms with E-state index in [4.69, 9.17) is 4.74 Å². The highest BCUT2D eigenvalue weighted by Gasteiger charge is 2.34. The Morgan fingerprint density at radius 3 is 2.92 bits per heavy atom. The van der Waals surface area contributed by atoms with Gasteiger partial charge >= 0.3 is 0 Å². The van der Waals surface area contributed by atoms with Crippen LogP contribution < -0.4 is 0 Å². The summed E-state index contributed by atoms with van der Waals surface area (Å²) in [5, 5.41) is 15.5. The van der Waals surface area contributed by atoms with E-state index in [0.29, 0.717) is 16.6 Å². The lowest BCUT2D eigenvalue weighted by molar-refractivity contribution is 0.0515. The molecule has 0 spiro atoms. The fourth-order valence-electron chi connectivity index (χ4n) is 3.67. The third kappa shape index (κ3) is 3.08. The molecule has 2 aromatic rings. The van der Waals surface area contributed by atoms with E-state index < -0.39 is 0 Å². The average molecular weight is 353 g/mol. The van der Waals surface area contributed by atoms with Crippen LogP contribution in [0.25, 0.3) is 16.7 Å². The minimum absolute atomic E-state index is 0.110. The number of hydrogen-bond acceptors (Lipinski definition) is 5. The van der Waals surface area contributed by atoms with Crippen molar-refractivity contribution < 1.29 is 4.74 Å². The molecule has 7 heteroatoms. The fraction of sp³-hybridized carbons (Fsp3) is 0.444. The first-order valence-electron chi connectivity index (χ1n) is 8.42. The number of fused-ring (bicyclic) bond motifs is 1. The maximum atomic E-state index is 9.60. The summed E-state index contributed by atoms with van der Waals surface area (Å²) >= 11 is 4.52. The van der Waals surface area contributed by atoms with Crippen molar-refractivity contribution in [2.75, 3.05) is 13.2 Å². The molecular weight excluding hydrogens is 334 g/mol. The summed E-state index contributed by atoms with van der Waals surface area (Å²) in [4.78, 5) is 9.01. The number of nitriles is 1. The van der Waals surface area contributed by atoms with Crippen molar-refractivity contribution in [2.45, 2.75) is 12.8 Å². The minimum atomic E-state index is -0.287. The predicted octanol–water partition coefficient (Wildman–Crippen LogP) is 2.83. The van der Waals surface area contributed by atoms with E-state index in [0.717, 1.165) is 42.7 Å². The number of aromatic nitrogens is 3. The van der Waals surface area contributed by atoms with Gasteiger partial charge in [0.15, 0.2) is 5.65 Å². The van der Waals surface area contributed by atoms with Crippen molar-refractivity contribution in [3.8, 4) is 6.07 Å². The molecule has 0 N–H and O–H groups in total. The third-order valence-corrected chi connectivity index (χ3v) is 5.35. The number of thiol groups is 1. The number of allylic oxidation sites excluding steroid dienone is 1. The molecule has 0 saturated carbocycles. The Bertz CT molecular complexity index is 904. The van der Waals surface area contributed by atoms with Crippen molar-refractivity contribution in [3.63, 3.8) is 0 Å². The molecule has 0 aliphatic carbocycles. The van der Waals surface area contributed by atoms with Crippen LogP contribution >= 0.6 is 12.6 Å². The fourth-order valence-corrected chi connectivity index (χ4v) is 4.00. The Kier molecular flexibility index (Phi) is 4.32. The van der Waals surface area contributed by atoms with Gasteiger partial charge in [-0.25, -0.2) is 9.98 Å². The van der Waals surface area contributed by atoms with Crippen LogP contribution in [0.1, 0.15) is 18.4 Å². The van der Waals surface area contributed by atoms with Gasteiger partial charge in [-0.15, -0.1) is 12.6 Å². The Morgan fingerprint density at radius 2 is 2.16 bits per heavy atom. The molecule has 0 radical (unpaired) electrons. The van der Waals surface area contributed by atoms with E-state index in [9.17, 15) is 5.26 Å². The first-order valence-corrected chi connectivity index (χ1v) is 8.87. The quantitative estimate of drug-likeness (QED) is 0.842. The largest absolute Gasteiger partial charge is 0.381 e. The van der Waals surface area contributed by atoms with Gasteiger partial charge in [-0.05, 0) is 24.8 Å². The highest BCUT2D eigenvalue weighted by Crippen LogP contribution is 2.38. The second-order valence-electron chi connectivity index (χ2n) is 6.60. The van der Waals surface area contributed by atoms with Crippen LogP contribution in [0.3, 0.4) is 0 Å². The number of rotatable bonds is 2. The number of aliphatic imine (C=N–C) groups is 1. The lowest BCUT2D eigenvalue weighted by Gasteiger charge is -2.33. The minimum Gasteiger partial charge on any atom is -0.381 e. The Morgan fingerprint density at radius 1 is 1.36 bits per heavy atom. The first-order chi connectivity index (χ1) is 12.2. The molecule has 1 saturated heterocycles. The molecule has 2 unspecified atom stereocenters. The summed E-state index contributed by atoms with van der Waals surface area (Å²) in [6.45, 7) is 1.51. The van der Waals surface area contributed by atoms with Gasteiger partial charge in [0.1, 0.15) is 5.92 Å². The van der Waals surface area contributed by atoms with E-state index >= 15 is 0 Å². The van der Waals surface area contributed by atoms with Crippen LogP contribution in [0.2, 0.25) is 0 Å². The number of pyridine rings is 1. The van der Waals surface area contributed by atoms with Gasteiger partial charge in [0.05, 0.1) is 16.8 Å². The summed E-state index contributed by atoms with van der Waals surface area (Å²) in [5.41, 5.74) is 2.49. The molecule has 0 amide bonds. The van der Waals surface area contributed by atoms with E-state index in [-0.39, 0.29) is 11.8 Å². The van der Waals surface area contributed by atoms with Crippen LogP contribution in [0.15, 0.2) is 29.5 Å². The number of hydrogen-bond donors (Lipinski definition) is 1. The second kappa shape index (κ2) is 6.62. The van der Waals surface area contributed by atoms with E-state index in [1.54, 1.807) is 10.9 Å². The van der Waals surface area contributed by atoms with Crippen molar-refractivity contribution in [1.82, 2.24) is 14.8 Å². The summed E-state index contributed by atoms with van der Waals surface area (Å²) < 4.78 is 7.23. The van der Waals surface area contributed by atoms with Crippen LogP contribution in [-0.2, 0) is 11.8 Å². The molecule has 2 atom stereocenters. The summed E-state index contributed by atoms with van der Waals surface area (Å²) in [6.07, 6.45) is 7.79. The molecule has 6 nitrogen and oxygen atoms in total. The second-order valence-corrected chi connectivity index (χ2v) is 7.05. The van der Waals surface area contributed by atoms with Crippen molar-refractivity contribution in [3.05, 3.63) is 30.1 Å². The van der Waals surface area contributed by atoms with Gasteiger partial charge in [0.2, 0.25) is 0 Å². The van der Waals surface area contributed by atoms with E-state index in [2.05, 4.69) is 39.8 Å². The number of ether oxygens (including phenoxy) is 1. The van der Waals surface area contributed by atoms with Gasteiger partial charge in [0.25, 0.3) is 0 Å². The summed E-state index contributed by atoms with van der Waals surface area (Å²) in [5.74, 6) is 0.241. The summed E-state index contributed by atoms with van der Waals surface area (Å²) in [7, 11) is 1.88. The molecule has 4 heterocycles. The zero-order chi connectivity index (χ0) is 17.4.